The smallest absolute Gasteiger partial charge is 0.182 e. The molecule has 1 aromatic carbocycles. The lowest BCUT2D eigenvalue weighted by Gasteiger charge is -1.98. The second-order valence-corrected chi connectivity index (χ2v) is 2.73. The minimum Gasteiger partial charge on any atom is -0.182 e. The molecule has 1 aliphatic heterocycles. The normalized spacial score (nSPS) is 18.4. The van der Waals surface area contributed by atoms with Gasteiger partial charge in [-0.05, 0) is 12.1 Å². The first-order chi connectivity index (χ1) is 5.21. The van der Waals surface area contributed by atoms with Gasteiger partial charge in [0.1, 0.15) is 0 Å². The highest BCUT2D eigenvalue weighted by Gasteiger charge is 2.42. The second-order valence-electron chi connectivity index (χ2n) is 2.29. The van der Waals surface area contributed by atoms with Gasteiger partial charge in [0.05, 0.1) is 0 Å². The van der Waals surface area contributed by atoms with E-state index in [-0.39, 0.29) is 0 Å². The van der Waals surface area contributed by atoms with Crippen LogP contribution in [-0.4, -0.2) is 0 Å². The summed E-state index contributed by atoms with van der Waals surface area (Å²) in [4.78, 5) is 0. The number of alkyl halides is 1. The highest BCUT2D eigenvalue weighted by molar-refractivity contribution is 6.30. The Kier molecular flexibility index (Phi) is 1.23. The zero-order valence-corrected chi connectivity index (χ0v) is 6.22. The highest BCUT2D eigenvalue weighted by Crippen LogP contribution is 2.40. The third-order valence-corrected chi connectivity index (χ3v) is 1.74. The quantitative estimate of drug-likeness (QED) is 0.579. The molecule has 0 radical (unpaired) electrons. The van der Waals surface area contributed by atoms with Crippen molar-refractivity contribution in [1.82, 2.24) is 0 Å². The molecule has 0 fully saturated rings. The Morgan fingerprint density at radius 2 is 1.73 bits per heavy atom. The van der Waals surface area contributed by atoms with Gasteiger partial charge in [-0.1, -0.05) is 23.7 Å². The minimum absolute atomic E-state index is 0.432. The average Bonchev–Trinajstić information content (AvgIpc) is 2.70. The van der Waals surface area contributed by atoms with Gasteiger partial charge in [0.15, 0.2) is 0 Å². The summed E-state index contributed by atoms with van der Waals surface area (Å²) in [5, 5.41) is 7.08. The van der Waals surface area contributed by atoms with Crippen molar-refractivity contribution in [3.05, 3.63) is 34.9 Å². The van der Waals surface area contributed by atoms with Crippen LogP contribution in [0.25, 0.3) is 0 Å². The lowest BCUT2D eigenvalue weighted by atomic mass is 10.2. The fourth-order valence-electron chi connectivity index (χ4n) is 0.821. The van der Waals surface area contributed by atoms with Crippen LogP contribution in [-0.2, 0) is 5.92 Å². The average molecular weight is 171 g/mol. The van der Waals surface area contributed by atoms with Crippen molar-refractivity contribution in [2.24, 2.45) is 10.2 Å². The number of hydrogen-bond donors (Lipinski definition) is 0. The molecule has 1 aromatic rings. The van der Waals surface area contributed by atoms with Gasteiger partial charge in [0.2, 0.25) is 0 Å². The first-order valence-corrected chi connectivity index (χ1v) is 3.47. The van der Waals surface area contributed by atoms with Crippen LogP contribution < -0.4 is 0 Å². The predicted octanol–water partition coefficient (Wildman–Crippen LogP) is 2.89. The van der Waals surface area contributed by atoms with E-state index in [2.05, 4.69) is 10.2 Å². The lowest BCUT2D eigenvalue weighted by molar-refractivity contribution is 0.290. The molecule has 0 saturated heterocycles. The summed E-state index contributed by atoms with van der Waals surface area (Å²) in [6.45, 7) is 0. The largest absolute Gasteiger partial charge is 0.354 e. The first-order valence-electron chi connectivity index (χ1n) is 3.10. The molecule has 0 aromatic heterocycles. The Morgan fingerprint density at radius 3 is 2.18 bits per heavy atom. The van der Waals surface area contributed by atoms with Crippen LogP contribution in [0.2, 0.25) is 5.02 Å². The summed E-state index contributed by atoms with van der Waals surface area (Å²) in [7, 11) is 0. The molecule has 0 amide bonds. The minimum atomic E-state index is -1.77. The Balaban J connectivity index is 2.34. The third kappa shape index (κ3) is 1.12. The van der Waals surface area contributed by atoms with Gasteiger partial charge in [-0.25, -0.2) is 0 Å². The van der Waals surface area contributed by atoms with E-state index >= 15 is 0 Å². The summed E-state index contributed by atoms with van der Waals surface area (Å²) in [5.74, 6) is -1.77. The molecule has 2 nitrogen and oxygen atoms in total. The Hall–Kier alpha value is -0.960. The summed E-state index contributed by atoms with van der Waals surface area (Å²) in [6.07, 6.45) is 0. The van der Waals surface area contributed by atoms with Crippen LogP contribution >= 0.6 is 11.6 Å². The van der Waals surface area contributed by atoms with Gasteiger partial charge in [-0.2, -0.15) is 4.39 Å². The first kappa shape index (κ1) is 6.73. The Labute approximate surface area is 67.7 Å². The van der Waals surface area contributed by atoms with Gasteiger partial charge < -0.3 is 0 Å². The maximum Gasteiger partial charge on any atom is 0.354 e. The maximum atomic E-state index is 13.0. The predicted molar refractivity (Wildman–Crippen MR) is 39.1 cm³/mol. The van der Waals surface area contributed by atoms with Crippen LogP contribution in [0.1, 0.15) is 5.56 Å². The summed E-state index contributed by atoms with van der Waals surface area (Å²) >= 11 is 5.60. The zero-order chi connectivity index (χ0) is 7.90. The molecular weight excluding hydrogens is 167 g/mol. The molecule has 0 atom stereocenters. The fraction of sp³-hybridized carbons (Fsp3) is 0.143. The standard InChI is InChI=1S/C7H4ClFN2/c8-6-3-1-5(2-4-6)7(9)10-11-7/h1-4H. The molecule has 11 heavy (non-hydrogen) atoms. The van der Waals surface area contributed by atoms with Gasteiger partial charge in [0.25, 0.3) is 0 Å². The summed E-state index contributed by atoms with van der Waals surface area (Å²) in [6, 6.07) is 6.37. The molecule has 0 spiro atoms. The molecule has 56 valence electrons. The van der Waals surface area contributed by atoms with E-state index < -0.39 is 5.92 Å². The lowest BCUT2D eigenvalue weighted by Crippen LogP contribution is -1.97. The van der Waals surface area contributed by atoms with Gasteiger partial charge in [-0.3, -0.25) is 0 Å². The van der Waals surface area contributed by atoms with E-state index in [9.17, 15) is 4.39 Å². The van der Waals surface area contributed by atoms with Crippen LogP contribution in [0.5, 0.6) is 0 Å². The van der Waals surface area contributed by atoms with Crippen molar-refractivity contribution in [2.45, 2.75) is 5.92 Å². The van der Waals surface area contributed by atoms with Crippen LogP contribution in [0.4, 0.5) is 4.39 Å². The number of halogens is 2. The number of hydrogen-bond acceptors (Lipinski definition) is 2. The van der Waals surface area contributed by atoms with Crippen molar-refractivity contribution >= 4 is 11.6 Å². The van der Waals surface area contributed by atoms with Gasteiger partial charge >= 0.3 is 5.92 Å². The molecule has 4 heteroatoms. The second kappa shape index (κ2) is 2.01. The number of rotatable bonds is 1. The van der Waals surface area contributed by atoms with Gasteiger partial charge in [-0.15, -0.1) is 10.2 Å². The van der Waals surface area contributed by atoms with Crippen molar-refractivity contribution in [2.75, 3.05) is 0 Å². The molecule has 0 N–H and O–H groups in total. The van der Waals surface area contributed by atoms with E-state index in [1.807, 2.05) is 0 Å². The van der Waals surface area contributed by atoms with E-state index in [0.717, 1.165) is 0 Å². The summed E-state index contributed by atoms with van der Waals surface area (Å²) < 4.78 is 13.0. The Morgan fingerprint density at radius 1 is 1.18 bits per heavy atom. The van der Waals surface area contributed by atoms with Crippen molar-refractivity contribution in [1.29, 1.82) is 0 Å². The molecule has 0 aliphatic carbocycles. The topological polar surface area (TPSA) is 24.7 Å². The van der Waals surface area contributed by atoms with Crippen molar-refractivity contribution in [3.63, 3.8) is 0 Å². The molecule has 2 rings (SSSR count). The molecule has 0 unspecified atom stereocenters. The van der Waals surface area contributed by atoms with Crippen LogP contribution in [0.3, 0.4) is 0 Å². The molecular formula is C7H4ClFN2. The van der Waals surface area contributed by atoms with E-state index in [1.165, 1.54) is 0 Å². The SMILES string of the molecule is FC1(c2ccc(Cl)cc2)N=N1. The van der Waals surface area contributed by atoms with Crippen LogP contribution in [0, 0.1) is 0 Å². The van der Waals surface area contributed by atoms with Crippen molar-refractivity contribution < 1.29 is 4.39 Å². The monoisotopic (exact) mass is 170 g/mol. The molecule has 0 saturated carbocycles. The van der Waals surface area contributed by atoms with Crippen LogP contribution in [0.15, 0.2) is 34.5 Å². The van der Waals surface area contributed by atoms with E-state index in [4.69, 9.17) is 11.6 Å². The zero-order valence-electron chi connectivity index (χ0n) is 5.46. The van der Waals surface area contributed by atoms with E-state index in [1.54, 1.807) is 24.3 Å². The van der Waals surface area contributed by atoms with Crippen molar-refractivity contribution in [3.8, 4) is 0 Å². The molecule has 0 bridgehead atoms. The number of nitrogens with zero attached hydrogens (tertiary/aromatic N) is 2. The summed E-state index contributed by atoms with van der Waals surface area (Å²) in [5.41, 5.74) is 0.432. The maximum absolute atomic E-state index is 13.0. The number of benzene rings is 1. The molecule has 1 aliphatic rings. The van der Waals surface area contributed by atoms with E-state index in [0.29, 0.717) is 10.6 Å². The Bertz CT molecular complexity index is 301. The van der Waals surface area contributed by atoms with Gasteiger partial charge in [0, 0.05) is 10.6 Å². The fourth-order valence-corrected chi connectivity index (χ4v) is 0.947. The highest BCUT2D eigenvalue weighted by atomic mass is 35.5. The molecule has 1 heterocycles. The third-order valence-electron chi connectivity index (χ3n) is 1.49.